The molecule has 0 unspecified atom stereocenters. The van der Waals surface area contributed by atoms with Gasteiger partial charge in [0.2, 0.25) is 5.43 Å². The van der Waals surface area contributed by atoms with Gasteiger partial charge < -0.3 is 19.9 Å². The van der Waals surface area contributed by atoms with Crippen molar-refractivity contribution in [3.8, 4) is 5.75 Å². The van der Waals surface area contributed by atoms with Crippen molar-refractivity contribution in [1.29, 1.82) is 0 Å². The van der Waals surface area contributed by atoms with Crippen LogP contribution in [-0.4, -0.2) is 36.1 Å². The van der Waals surface area contributed by atoms with Crippen molar-refractivity contribution >= 4 is 11.7 Å². The van der Waals surface area contributed by atoms with E-state index in [0.717, 1.165) is 11.4 Å². The lowest BCUT2D eigenvalue weighted by atomic mass is 9.94. The number of anilines is 1. The number of carbonyl (C=O) groups is 1. The van der Waals surface area contributed by atoms with Gasteiger partial charge in [-0.25, -0.2) is 4.98 Å². The van der Waals surface area contributed by atoms with E-state index < -0.39 is 0 Å². The Morgan fingerprint density at radius 1 is 1.37 bits per heavy atom. The number of hydrogen-bond acceptors (Lipinski definition) is 5. The molecule has 3 rings (SSSR count). The lowest BCUT2D eigenvalue weighted by Gasteiger charge is -2.33. The molecular weight excluding hydrogens is 344 g/mol. The Balaban J connectivity index is 1.70. The number of nitrogens with one attached hydrogen (secondary N) is 2. The zero-order valence-corrected chi connectivity index (χ0v) is 15.8. The van der Waals surface area contributed by atoms with E-state index in [9.17, 15) is 9.59 Å². The van der Waals surface area contributed by atoms with E-state index in [1.807, 2.05) is 12.1 Å². The van der Waals surface area contributed by atoms with Gasteiger partial charge in [-0.15, -0.1) is 0 Å². The third-order valence-corrected chi connectivity index (χ3v) is 5.10. The molecule has 0 saturated heterocycles. The van der Waals surface area contributed by atoms with Gasteiger partial charge in [-0.3, -0.25) is 9.59 Å². The first-order valence-electron chi connectivity index (χ1n) is 9.32. The van der Waals surface area contributed by atoms with Crippen molar-refractivity contribution in [3.63, 3.8) is 0 Å². The summed E-state index contributed by atoms with van der Waals surface area (Å²) in [6.07, 6.45) is 9.31. The number of ether oxygens (including phenoxy) is 1. The van der Waals surface area contributed by atoms with Crippen LogP contribution in [0.1, 0.15) is 48.2 Å². The van der Waals surface area contributed by atoms with Gasteiger partial charge in [0.1, 0.15) is 11.5 Å². The van der Waals surface area contributed by atoms with Crippen LogP contribution in [0, 0.1) is 0 Å². The molecule has 1 saturated carbocycles. The highest BCUT2D eigenvalue weighted by Crippen LogP contribution is 2.26. The third kappa shape index (κ3) is 4.48. The Kier molecular flexibility index (Phi) is 6.11. The Labute approximate surface area is 158 Å². The number of pyridine rings is 2. The van der Waals surface area contributed by atoms with E-state index in [-0.39, 0.29) is 22.8 Å². The van der Waals surface area contributed by atoms with Crippen molar-refractivity contribution in [2.45, 2.75) is 44.7 Å². The van der Waals surface area contributed by atoms with Crippen LogP contribution in [0.5, 0.6) is 5.75 Å². The molecule has 7 heteroatoms. The highest BCUT2D eigenvalue weighted by molar-refractivity contribution is 5.92. The van der Waals surface area contributed by atoms with E-state index in [0.29, 0.717) is 12.6 Å². The van der Waals surface area contributed by atoms with E-state index in [2.05, 4.69) is 27.2 Å². The molecular formula is C20H26N4O3. The molecule has 0 bridgehead atoms. The maximum absolute atomic E-state index is 12.4. The van der Waals surface area contributed by atoms with Crippen LogP contribution in [-0.2, 0) is 6.54 Å². The largest absolute Gasteiger partial charge is 0.491 e. The second-order valence-electron chi connectivity index (χ2n) is 6.85. The lowest BCUT2D eigenvalue weighted by molar-refractivity contribution is 0.0945. The van der Waals surface area contributed by atoms with E-state index in [4.69, 9.17) is 4.74 Å². The fraction of sp³-hybridized carbons (Fsp3) is 0.450. The summed E-state index contributed by atoms with van der Waals surface area (Å²) in [6, 6.07) is 5.57. The van der Waals surface area contributed by atoms with Gasteiger partial charge >= 0.3 is 0 Å². The first-order valence-corrected chi connectivity index (χ1v) is 9.32. The highest BCUT2D eigenvalue weighted by atomic mass is 16.5. The number of carbonyl (C=O) groups excluding carboxylic acids is 1. The smallest absolute Gasteiger partial charge is 0.268 e. The van der Waals surface area contributed by atoms with Gasteiger partial charge in [-0.1, -0.05) is 25.3 Å². The fourth-order valence-corrected chi connectivity index (χ4v) is 3.55. The van der Waals surface area contributed by atoms with Crippen molar-refractivity contribution in [2.75, 3.05) is 19.1 Å². The van der Waals surface area contributed by atoms with Gasteiger partial charge in [-0.2, -0.15) is 0 Å². The van der Waals surface area contributed by atoms with Crippen LogP contribution in [0.15, 0.2) is 35.4 Å². The minimum atomic E-state index is -0.343. The van der Waals surface area contributed by atoms with E-state index >= 15 is 0 Å². The van der Waals surface area contributed by atoms with Crippen LogP contribution in [0.3, 0.4) is 0 Å². The molecule has 0 spiro atoms. The average molecular weight is 370 g/mol. The average Bonchev–Trinajstić information content (AvgIpc) is 2.72. The van der Waals surface area contributed by atoms with Gasteiger partial charge in [0.15, 0.2) is 5.75 Å². The first kappa shape index (κ1) is 18.9. The number of methoxy groups -OCH3 is 1. The minimum absolute atomic E-state index is 0.176. The molecule has 27 heavy (non-hydrogen) atoms. The van der Waals surface area contributed by atoms with E-state index in [1.54, 1.807) is 6.20 Å². The Morgan fingerprint density at radius 2 is 2.15 bits per heavy atom. The van der Waals surface area contributed by atoms with E-state index in [1.165, 1.54) is 51.5 Å². The van der Waals surface area contributed by atoms with Crippen LogP contribution in [0.4, 0.5) is 5.82 Å². The molecule has 0 aliphatic heterocycles. The van der Waals surface area contributed by atoms with Crippen molar-refractivity contribution in [3.05, 3.63) is 52.1 Å². The summed E-state index contributed by atoms with van der Waals surface area (Å²) in [4.78, 5) is 33.8. The van der Waals surface area contributed by atoms with Gasteiger partial charge in [0.05, 0.1) is 7.11 Å². The lowest BCUT2D eigenvalue weighted by Crippen LogP contribution is -2.35. The minimum Gasteiger partial charge on any atom is -0.491 e. The predicted molar refractivity (Wildman–Crippen MR) is 104 cm³/mol. The molecule has 0 atom stereocenters. The second kappa shape index (κ2) is 8.70. The molecule has 0 radical (unpaired) electrons. The van der Waals surface area contributed by atoms with Crippen LogP contribution in [0.2, 0.25) is 0 Å². The standard InChI is InChI=1S/C20H26N4O3/c1-24(15-8-4-3-5-9-15)19-14(7-6-10-21-19)12-23-20(26)16-11-17(25)18(27-2)13-22-16/h6-7,10-11,13,15H,3-5,8-9,12H2,1-2H3,(H,22,25)(H,23,26). The monoisotopic (exact) mass is 370 g/mol. The number of nitrogens with zero attached hydrogens (tertiary/aromatic N) is 2. The number of hydrogen-bond donors (Lipinski definition) is 2. The normalized spacial score (nSPS) is 14.6. The molecule has 1 aliphatic rings. The number of H-pyrrole nitrogens is 1. The molecule has 144 valence electrons. The summed E-state index contributed by atoms with van der Waals surface area (Å²) < 4.78 is 4.92. The van der Waals surface area contributed by atoms with Crippen molar-refractivity contribution in [2.24, 2.45) is 0 Å². The Morgan fingerprint density at radius 3 is 2.85 bits per heavy atom. The predicted octanol–water partition coefficient (Wildman–Crippen LogP) is 2.48. The van der Waals surface area contributed by atoms with Crippen molar-refractivity contribution < 1.29 is 9.53 Å². The number of aromatic nitrogens is 2. The summed E-state index contributed by atoms with van der Waals surface area (Å²) in [5.41, 5.74) is 0.821. The molecule has 1 fully saturated rings. The highest BCUT2D eigenvalue weighted by Gasteiger charge is 2.21. The SMILES string of the molecule is COc1c[nH]c(C(=O)NCc2cccnc2N(C)C2CCCCC2)cc1=O. The summed E-state index contributed by atoms with van der Waals surface area (Å²) in [5, 5.41) is 2.86. The number of rotatable bonds is 6. The summed E-state index contributed by atoms with van der Waals surface area (Å²) >= 11 is 0. The molecule has 1 aliphatic carbocycles. The maximum Gasteiger partial charge on any atom is 0.268 e. The summed E-state index contributed by atoms with van der Waals surface area (Å²) in [6.45, 7) is 0.340. The topological polar surface area (TPSA) is 87.3 Å². The summed E-state index contributed by atoms with van der Waals surface area (Å²) in [7, 11) is 3.49. The zero-order valence-electron chi connectivity index (χ0n) is 15.8. The molecule has 1 amide bonds. The zero-order chi connectivity index (χ0) is 19.2. The second-order valence-corrected chi connectivity index (χ2v) is 6.85. The maximum atomic E-state index is 12.4. The Bertz CT molecular complexity index is 843. The number of amides is 1. The quantitative estimate of drug-likeness (QED) is 0.816. The van der Waals surface area contributed by atoms with Crippen LogP contribution < -0.4 is 20.4 Å². The first-order chi connectivity index (χ1) is 13.1. The van der Waals surface area contributed by atoms with Gasteiger partial charge in [-0.05, 0) is 18.9 Å². The van der Waals surface area contributed by atoms with Gasteiger partial charge in [0.25, 0.3) is 5.91 Å². The van der Waals surface area contributed by atoms with Crippen LogP contribution in [0.25, 0.3) is 0 Å². The molecule has 2 N–H and O–H groups in total. The van der Waals surface area contributed by atoms with Gasteiger partial charge in [0, 0.05) is 43.7 Å². The molecule has 0 aromatic carbocycles. The number of aromatic amines is 1. The van der Waals surface area contributed by atoms with Crippen LogP contribution >= 0.6 is 0 Å². The Hall–Kier alpha value is -2.83. The molecule has 2 heterocycles. The third-order valence-electron chi connectivity index (χ3n) is 5.10. The molecule has 2 aromatic heterocycles. The molecule has 7 nitrogen and oxygen atoms in total. The molecule has 2 aromatic rings. The van der Waals surface area contributed by atoms with Crippen molar-refractivity contribution in [1.82, 2.24) is 15.3 Å². The fourth-order valence-electron chi connectivity index (χ4n) is 3.55. The summed E-state index contributed by atoms with van der Waals surface area (Å²) in [5.74, 6) is 0.730.